The number of piperidine rings is 1. The van der Waals surface area contributed by atoms with E-state index in [4.69, 9.17) is 5.73 Å². The largest absolute Gasteiger partial charge is 0.384 e. The summed E-state index contributed by atoms with van der Waals surface area (Å²) in [7, 11) is 0. The molecule has 1 aromatic heterocycles. The highest BCUT2D eigenvalue weighted by Gasteiger charge is 2.23. The number of amides is 1. The summed E-state index contributed by atoms with van der Waals surface area (Å²) in [6.45, 7) is 4.86. The Bertz CT molecular complexity index is 446. The van der Waals surface area contributed by atoms with Crippen molar-refractivity contribution >= 4 is 23.5 Å². The first-order valence-electron chi connectivity index (χ1n) is 6.59. The Morgan fingerprint density at radius 3 is 3.00 bits per heavy atom. The summed E-state index contributed by atoms with van der Waals surface area (Å²) < 4.78 is 0. The lowest BCUT2D eigenvalue weighted by atomic mass is 10.0. The highest BCUT2D eigenvalue weighted by molar-refractivity contribution is 7.99. The van der Waals surface area contributed by atoms with Gasteiger partial charge in [0.2, 0.25) is 5.91 Å². The highest BCUT2D eigenvalue weighted by atomic mass is 32.2. The summed E-state index contributed by atoms with van der Waals surface area (Å²) in [6, 6.07) is 2.07. The van der Waals surface area contributed by atoms with Gasteiger partial charge in [0, 0.05) is 24.3 Å². The lowest BCUT2D eigenvalue weighted by Gasteiger charge is -2.33. The third-order valence-electron chi connectivity index (χ3n) is 3.30. The lowest BCUT2D eigenvalue weighted by molar-refractivity contribution is -0.131. The molecule has 6 heteroatoms. The van der Waals surface area contributed by atoms with Gasteiger partial charge in [0.05, 0.1) is 5.75 Å². The number of nitrogens with two attached hydrogens (primary N) is 1. The Kier molecular flexibility index (Phi) is 4.63. The maximum Gasteiger partial charge on any atom is 0.233 e. The van der Waals surface area contributed by atoms with E-state index in [1.807, 2.05) is 11.8 Å². The number of thioether (sulfide) groups is 1. The Hall–Kier alpha value is -1.30. The van der Waals surface area contributed by atoms with Crippen molar-refractivity contribution in [1.82, 2.24) is 14.9 Å². The van der Waals surface area contributed by atoms with Crippen LogP contribution < -0.4 is 5.73 Å². The normalized spacial score (nSPS) is 19.5. The molecule has 2 N–H and O–H groups in total. The molecule has 1 fully saturated rings. The van der Waals surface area contributed by atoms with Gasteiger partial charge >= 0.3 is 0 Å². The third kappa shape index (κ3) is 3.83. The molecule has 5 nitrogen and oxygen atoms in total. The minimum atomic E-state index is 0.167. The van der Waals surface area contributed by atoms with Crippen LogP contribution in [0.15, 0.2) is 11.2 Å². The Morgan fingerprint density at radius 2 is 2.32 bits per heavy atom. The summed E-state index contributed by atoms with van der Waals surface area (Å²) in [6.07, 6.45) is 3.43. The SMILES string of the molecule is Cc1cc(N)nc(SCC(=O)N2CCCC[C@@H]2C)n1. The second-order valence-corrected chi connectivity index (χ2v) is 5.88. The van der Waals surface area contributed by atoms with Gasteiger partial charge in [0.1, 0.15) is 5.82 Å². The molecule has 0 aliphatic carbocycles. The van der Waals surface area contributed by atoms with Gasteiger partial charge in [-0.25, -0.2) is 9.97 Å². The molecule has 1 aromatic rings. The van der Waals surface area contributed by atoms with Gasteiger partial charge in [-0.1, -0.05) is 11.8 Å². The van der Waals surface area contributed by atoms with Crippen LogP contribution in [0.5, 0.6) is 0 Å². The van der Waals surface area contributed by atoms with Gasteiger partial charge in [-0.3, -0.25) is 4.79 Å². The fraction of sp³-hybridized carbons (Fsp3) is 0.615. The van der Waals surface area contributed by atoms with E-state index in [0.29, 0.717) is 22.8 Å². The van der Waals surface area contributed by atoms with E-state index in [2.05, 4.69) is 16.9 Å². The van der Waals surface area contributed by atoms with E-state index in [0.717, 1.165) is 25.1 Å². The molecule has 1 aliphatic heterocycles. The van der Waals surface area contributed by atoms with Crippen LogP contribution in [-0.2, 0) is 4.79 Å². The smallest absolute Gasteiger partial charge is 0.233 e. The van der Waals surface area contributed by atoms with Gasteiger partial charge in [-0.2, -0.15) is 0 Å². The monoisotopic (exact) mass is 280 g/mol. The van der Waals surface area contributed by atoms with Gasteiger partial charge in [0.15, 0.2) is 5.16 Å². The average Bonchev–Trinajstić information content (AvgIpc) is 2.35. The van der Waals surface area contributed by atoms with Gasteiger partial charge in [-0.15, -0.1) is 0 Å². The minimum absolute atomic E-state index is 0.167. The van der Waals surface area contributed by atoms with Crippen molar-refractivity contribution in [3.63, 3.8) is 0 Å². The number of hydrogen-bond donors (Lipinski definition) is 1. The van der Waals surface area contributed by atoms with Crippen LogP contribution in [0.4, 0.5) is 5.82 Å². The molecule has 1 aliphatic rings. The molecule has 0 aromatic carbocycles. The van der Waals surface area contributed by atoms with Crippen molar-refractivity contribution in [2.24, 2.45) is 0 Å². The predicted molar refractivity (Wildman–Crippen MR) is 76.9 cm³/mol. The van der Waals surface area contributed by atoms with Gasteiger partial charge in [0.25, 0.3) is 0 Å². The van der Waals surface area contributed by atoms with Crippen LogP contribution >= 0.6 is 11.8 Å². The summed E-state index contributed by atoms with van der Waals surface area (Å²) in [5.74, 6) is 1.00. The molecule has 104 valence electrons. The Balaban J connectivity index is 1.92. The molecule has 0 unspecified atom stereocenters. The average molecular weight is 280 g/mol. The number of carbonyl (C=O) groups is 1. The highest BCUT2D eigenvalue weighted by Crippen LogP contribution is 2.20. The molecule has 0 spiro atoms. The molecule has 0 saturated carbocycles. The van der Waals surface area contributed by atoms with Crippen LogP contribution in [-0.4, -0.2) is 39.1 Å². The first kappa shape index (κ1) is 14.1. The van der Waals surface area contributed by atoms with Crippen LogP contribution in [0.1, 0.15) is 31.9 Å². The number of nitrogen functional groups attached to an aromatic ring is 1. The van der Waals surface area contributed by atoms with E-state index >= 15 is 0 Å². The molecule has 19 heavy (non-hydrogen) atoms. The predicted octanol–water partition coefficient (Wildman–Crippen LogP) is 1.86. The summed E-state index contributed by atoms with van der Waals surface area (Å²) in [4.78, 5) is 22.5. The first-order valence-corrected chi connectivity index (χ1v) is 7.58. The van der Waals surface area contributed by atoms with Crippen LogP contribution in [0, 0.1) is 6.92 Å². The topological polar surface area (TPSA) is 72.1 Å². The number of anilines is 1. The Labute approximate surface area is 118 Å². The van der Waals surface area contributed by atoms with Gasteiger partial charge in [-0.05, 0) is 33.1 Å². The zero-order valence-electron chi connectivity index (χ0n) is 11.4. The zero-order valence-corrected chi connectivity index (χ0v) is 12.2. The molecular weight excluding hydrogens is 260 g/mol. The maximum absolute atomic E-state index is 12.2. The fourth-order valence-electron chi connectivity index (χ4n) is 2.31. The standard InChI is InChI=1S/C13H20N4OS/c1-9-7-11(14)16-13(15-9)19-8-12(18)17-6-4-3-5-10(17)2/h7,10H,3-6,8H2,1-2H3,(H2,14,15,16)/t10-/m0/s1. The number of likely N-dealkylation sites (tertiary alicyclic amines) is 1. The van der Waals surface area contributed by atoms with Crippen molar-refractivity contribution < 1.29 is 4.79 Å². The van der Waals surface area contributed by atoms with Crippen molar-refractivity contribution in [2.75, 3.05) is 18.0 Å². The summed E-state index contributed by atoms with van der Waals surface area (Å²) >= 11 is 1.36. The van der Waals surface area contributed by atoms with E-state index in [1.165, 1.54) is 18.2 Å². The third-order valence-corrected chi connectivity index (χ3v) is 4.13. The van der Waals surface area contributed by atoms with E-state index in [-0.39, 0.29) is 5.91 Å². The number of carbonyl (C=O) groups excluding carboxylic acids is 1. The molecular formula is C13H20N4OS. The number of nitrogens with zero attached hydrogens (tertiary/aromatic N) is 3. The number of rotatable bonds is 3. The van der Waals surface area contributed by atoms with Crippen molar-refractivity contribution in [1.29, 1.82) is 0 Å². The van der Waals surface area contributed by atoms with Crippen molar-refractivity contribution in [2.45, 2.75) is 44.3 Å². The first-order chi connectivity index (χ1) is 9.06. The number of aromatic nitrogens is 2. The summed E-state index contributed by atoms with van der Waals surface area (Å²) in [5.41, 5.74) is 6.50. The minimum Gasteiger partial charge on any atom is -0.384 e. The zero-order chi connectivity index (χ0) is 13.8. The second-order valence-electron chi connectivity index (χ2n) is 4.94. The maximum atomic E-state index is 12.2. The fourth-order valence-corrected chi connectivity index (χ4v) is 3.10. The van der Waals surface area contributed by atoms with Crippen molar-refractivity contribution in [3.05, 3.63) is 11.8 Å². The second kappa shape index (κ2) is 6.23. The van der Waals surface area contributed by atoms with E-state index < -0.39 is 0 Å². The van der Waals surface area contributed by atoms with E-state index in [9.17, 15) is 4.79 Å². The van der Waals surface area contributed by atoms with E-state index in [1.54, 1.807) is 6.07 Å². The Morgan fingerprint density at radius 1 is 1.53 bits per heavy atom. The van der Waals surface area contributed by atoms with Gasteiger partial charge < -0.3 is 10.6 Å². The van der Waals surface area contributed by atoms with Crippen LogP contribution in [0.3, 0.4) is 0 Å². The molecule has 0 radical (unpaired) electrons. The number of aryl methyl sites for hydroxylation is 1. The molecule has 1 saturated heterocycles. The summed E-state index contributed by atoms with van der Waals surface area (Å²) in [5, 5.41) is 0.579. The number of hydrogen-bond acceptors (Lipinski definition) is 5. The van der Waals surface area contributed by atoms with Crippen molar-refractivity contribution in [3.8, 4) is 0 Å². The molecule has 2 rings (SSSR count). The molecule has 1 amide bonds. The van der Waals surface area contributed by atoms with Crippen LogP contribution in [0.25, 0.3) is 0 Å². The lowest BCUT2D eigenvalue weighted by Crippen LogP contribution is -2.42. The molecule has 1 atom stereocenters. The molecule has 0 bridgehead atoms. The van der Waals surface area contributed by atoms with Crippen LogP contribution in [0.2, 0.25) is 0 Å². The quantitative estimate of drug-likeness (QED) is 0.676. The molecule has 2 heterocycles.